The van der Waals surface area contributed by atoms with E-state index in [-0.39, 0.29) is 12.4 Å². The average Bonchev–Trinajstić information content (AvgIpc) is 2.66. The van der Waals surface area contributed by atoms with Gasteiger partial charge in [-0.2, -0.15) is 0 Å². The third kappa shape index (κ3) is 21.4. The van der Waals surface area contributed by atoms with Gasteiger partial charge in [0.1, 0.15) is 0 Å². The molecule has 0 saturated carbocycles. The van der Waals surface area contributed by atoms with Crippen molar-refractivity contribution in [2.75, 3.05) is 32.0 Å². The highest BCUT2D eigenvalue weighted by Gasteiger charge is 2.19. The summed E-state index contributed by atoms with van der Waals surface area (Å²) >= 11 is 3.70. The molecule has 0 rings (SSSR count). The smallest absolute Gasteiger partial charge is 0.0883 e. The maximum atomic E-state index is 3.70. The van der Waals surface area contributed by atoms with Crippen molar-refractivity contribution in [3.8, 4) is 0 Å². The highest BCUT2D eigenvalue weighted by Crippen LogP contribution is 2.15. The lowest BCUT2D eigenvalue weighted by Gasteiger charge is -2.34. The minimum atomic E-state index is 0. The van der Waals surface area contributed by atoms with Gasteiger partial charge in [0.15, 0.2) is 0 Å². The van der Waals surface area contributed by atoms with Gasteiger partial charge in [0.2, 0.25) is 0 Å². The first kappa shape index (κ1) is 30.9. The monoisotopic (exact) mass is 481 g/mol. The van der Waals surface area contributed by atoms with Gasteiger partial charge < -0.3 is 16.9 Å². The van der Waals surface area contributed by atoms with Crippen LogP contribution in [0.5, 0.6) is 0 Å². The van der Waals surface area contributed by atoms with Crippen molar-refractivity contribution in [2.45, 2.75) is 129 Å². The van der Waals surface area contributed by atoms with Crippen molar-refractivity contribution in [1.29, 1.82) is 0 Å². The highest BCUT2D eigenvalue weighted by molar-refractivity contribution is 9.09. The molecule has 0 aliphatic heterocycles. The first-order chi connectivity index (χ1) is 13.2. The SMILES string of the molecule is CCCCCCCCCCC[N+](C)(CCBr)CCCCCCCCCCC.[Cl-]. The van der Waals surface area contributed by atoms with E-state index in [0.29, 0.717) is 0 Å². The number of quaternary nitrogens is 1. The van der Waals surface area contributed by atoms with E-state index in [0.717, 1.165) is 5.33 Å². The third-order valence-electron chi connectivity index (χ3n) is 6.23. The van der Waals surface area contributed by atoms with E-state index in [9.17, 15) is 0 Å². The Bertz CT molecular complexity index is 264. The second kappa shape index (κ2) is 24.0. The standard InChI is InChI=1S/C25H53BrN.ClH/c1-4-6-8-10-12-14-16-18-20-23-27(3,25-22-26)24-21-19-17-15-13-11-9-7-5-2;/h4-25H2,1-3H3;1H/q+1;/p-1. The van der Waals surface area contributed by atoms with E-state index < -0.39 is 0 Å². The van der Waals surface area contributed by atoms with Crippen LogP contribution in [0.3, 0.4) is 0 Å². The molecule has 0 aromatic heterocycles. The van der Waals surface area contributed by atoms with Crippen LogP contribution in [-0.2, 0) is 0 Å². The van der Waals surface area contributed by atoms with Crippen LogP contribution in [-0.4, -0.2) is 36.5 Å². The van der Waals surface area contributed by atoms with Gasteiger partial charge >= 0.3 is 0 Å². The minimum Gasteiger partial charge on any atom is -1.00 e. The van der Waals surface area contributed by atoms with Crippen LogP contribution in [0.15, 0.2) is 0 Å². The van der Waals surface area contributed by atoms with E-state index in [2.05, 4.69) is 36.8 Å². The molecule has 3 heteroatoms. The van der Waals surface area contributed by atoms with Crippen LogP contribution < -0.4 is 12.4 Å². The van der Waals surface area contributed by atoms with Crippen molar-refractivity contribution in [1.82, 2.24) is 0 Å². The summed E-state index contributed by atoms with van der Waals surface area (Å²) in [6.45, 7) is 8.68. The molecule has 1 nitrogen and oxygen atoms in total. The highest BCUT2D eigenvalue weighted by atomic mass is 79.9. The van der Waals surface area contributed by atoms with Crippen molar-refractivity contribution < 1.29 is 16.9 Å². The topological polar surface area (TPSA) is 0 Å². The summed E-state index contributed by atoms with van der Waals surface area (Å²) in [4.78, 5) is 0. The van der Waals surface area contributed by atoms with Crippen LogP contribution >= 0.6 is 15.9 Å². The van der Waals surface area contributed by atoms with Crippen molar-refractivity contribution in [3.63, 3.8) is 0 Å². The van der Waals surface area contributed by atoms with Gasteiger partial charge in [0.25, 0.3) is 0 Å². The first-order valence-electron chi connectivity index (χ1n) is 12.6. The molecular formula is C25H53BrClN. The minimum absolute atomic E-state index is 0. The number of hydrogen-bond acceptors (Lipinski definition) is 0. The van der Waals surface area contributed by atoms with Gasteiger partial charge in [-0.05, 0) is 25.7 Å². The van der Waals surface area contributed by atoms with Gasteiger partial charge in [-0.25, -0.2) is 0 Å². The molecule has 0 aromatic rings. The lowest BCUT2D eigenvalue weighted by atomic mass is 10.1. The lowest BCUT2D eigenvalue weighted by Crippen LogP contribution is -3.00. The lowest BCUT2D eigenvalue weighted by molar-refractivity contribution is -0.907. The van der Waals surface area contributed by atoms with Crippen molar-refractivity contribution >= 4 is 15.9 Å². The molecule has 0 amide bonds. The molecule has 0 N–H and O–H groups in total. The zero-order valence-corrected chi connectivity index (χ0v) is 22.1. The van der Waals surface area contributed by atoms with Gasteiger partial charge in [0.05, 0.1) is 32.0 Å². The summed E-state index contributed by atoms with van der Waals surface area (Å²) < 4.78 is 1.29. The molecule has 0 saturated heterocycles. The Labute approximate surface area is 193 Å². The molecule has 0 spiro atoms. The predicted molar refractivity (Wildman–Crippen MR) is 129 cm³/mol. The van der Waals surface area contributed by atoms with Gasteiger partial charge in [-0.15, -0.1) is 0 Å². The van der Waals surface area contributed by atoms with Gasteiger partial charge in [0, 0.05) is 0 Å². The molecule has 28 heavy (non-hydrogen) atoms. The third-order valence-corrected chi connectivity index (χ3v) is 6.58. The second-order valence-corrected chi connectivity index (χ2v) is 9.93. The molecule has 0 bridgehead atoms. The van der Waals surface area contributed by atoms with E-state index in [1.54, 1.807) is 0 Å². The number of halogens is 2. The quantitative estimate of drug-likeness (QED) is 0.102. The second-order valence-electron chi connectivity index (χ2n) is 9.14. The normalized spacial score (nSPS) is 11.6. The van der Waals surface area contributed by atoms with Crippen LogP contribution in [0.2, 0.25) is 0 Å². The van der Waals surface area contributed by atoms with Gasteiger partial charge in [-0.3, -0.25) is 0 Å². The molecular weight excluding hydrogens is 430 g/mol. The summed E-state index contributed by atoms with van der Waals surface area (Å²) in [5, 5.41) is 1.15. The average molecular weight is 483 g/mol. The van der Waals surface area contributed by atoms with Crippen LogP contribution in [0.1, 0.15) is 129 Å². The summed E-state index contributed by atoms with van der Waals surface area (Å²) in [6.07, 6.45) is 25.9. The molecule has 0 aromatic carbocycles. The fourth-order valence-corrected chi connectivity index (χ4v) is 5.00. The van der Waals surface area contributed by atoms with E-state index >= 15 is 0 Å². The van der Waals surface area contributed by atoms with E-state index in [1.165, 1.54) is 140 Å². The number of rotatable bonds is 22. The largest absolute Gasteiger partial charge is 1.00 e. The zero-order valence-electron chi connectivity index (χ0n) is 19.8. The predicted octanol–water partition coefficient (Wildman–Crippen LogP) is 5.89. The Morgan fingerprint density at radius 3 is 1.04 bits per heavy atom. The zero-order chi connectivity index (χ0) is 20.1. The maximum Gasteiger partial charge on any atom is 0.0883 e. The van der Waals surface area contributed by atoms with Gasteiger partial charge in [-0.1, -0.05) is 120 Å². The first-order valence-corrected chi connectivity index (χ1v) is 13.7. The number of unbranched alkanes of at least 4 members (excludes halogenated alkanes) is 16. The number of hydrogen-bond donors (Lipinski definition) is 0. The van der Waals surface area contributed by atoms with Crippen LogP contribution in [0.4, 0.5) is 0 Å². The molecule has 0 radical (unpaired) electrons. The van der Waals surface area contributed by atoms with Crippen molar-refractivity contribution in [2.24, 2.45) is 0 Å². The van der Waals surface area contributed by atoms with E-state index in [4.69, 9.17) is 0 Å². The Morgan fingerprint density at radius 2 is 0.750 bits per heavy atom. The summed E-state index contributed by atoms with van der Waals surface area (Å²) in [7, 11) is 2.50. The number of alkyl halides is 1. The Kier molecular flexibility index (Phi) is 26.5. The molecule has 0 atom stereocenters. The Balaban J connectivity index is 0. The Hall–Kier alpha value is 0.730. The maximum absolute atomic E-state index is 3.70. The molecule has 172 valence electrons. The summed E-state index contributed by atoms with van der Waals surface area (Å²) in [5.41, 5.74) is 0. The van der Waals surface area contributed by atoms with Crippen LogP contribution in [0.25, 0.3) is 0 Å². The van der Waals surface area contributed by atoms with E-state index in [1.807, 2.05) is 0 Å². The molecule has 0 heterocycles. The summed E-state index contributed by atoms with van der Waals surface area (Å²) in [5.74, 6) is 0. The molecule has 0 fully saturated rings. The summed E-state index contributed by atoms with van der Waals surface area (Å²) in [6, 6.07) is 0. The van der Waals surface area contributed by atoms with Crippen molar-refractivity contribution in [3.05, 3.63) is 0 Å². The van der Waals surface area contributed by atoms with Crippen LogP contribution in [0, 0.1) is 0 Å². The Morgan fingerprint density at radius 1 is 0.464 bits per heavy atom. The molecule has 0 aliphatic rings. The fourth-order valence-electron chi connectivity index (χ4n) is 4.15. The molecule has 0 aliphatic carbocycles. The fraction of sp³-hybridized carbons (Fsp3) is 1.00. The number of nitrogens with zero attached hydrogens (tertiary/aromatic N) is 1. The molecule has 0 unspecified atom stereocenters.